The molecule has 110 valence electrons. The SMILES string of the molecule is Cc1cc(Br)cc(C)c1OCC(=O)c1nc(C(=O)[O-])cs1. The summed E-state index contributed by atoms with van der Waals surface area (Å²) in [6, 6.07) is 3.79. The van der Waals surface area contributed by atoms with E-state index in [1.807, 2.05) is 26.0 Å². The maximum absolute atomic E-state index is 11.9. The molecule has 21 heavy (non-hydrogen) atoms. The van der Waals surface area contributed by atoms with Crippen LogP contribution < -0.4 is 9.84 Å². The van der Waals surface area contributed by atoms with Gasteiger partial charge in [-0.15, -0.1) is 11.3 Å². The lowest BCUT2D eigenvalue weighted by Gasteiger charge is -2.11. The second-order valence-corrected chi connectivity index (χ2v) is 6.18. The van der Waals surface area contributed by atoms with Gasteiger partial charge in [0.25, 0.3) is 0 Å². The van der Waals surface area contributed by atoms with Crippen LogP contribution in [-0.2, 0) is 0 Å². The molecule has 0 spiro atoms. The number of ketones is 1. The van der Waals surface area contributed by atoms with E-state index in [1.165, 1.54) is 5.38 Å². The minimum Gasteiger partial charge on any atom is -0.543 e. The molecule has 1 aromatic heterocycles. The van der Waals surface area contributed by atoms with Crippen LogP contribution in [0.3, 0.4) is 0 Å². The van der Waals surface area contributed by atoms with Crippen molar-refractivity contribution >= 4 is 39.0 Å². The molecule has 0 N–H and O–H groups in total. The predicted octanol–water partition coefficient (Wildman–Crippen LogP) is 2.15. The van der Waals surface area contributed by atoms with E-state index in [0.29, 0.717) is 5.75 Å². The van der Waals surface area contributed by atoms with Gasteiger partial charge in [-0.05, 0) is 37.1 Å². The van der Waals surface area contributed by atoms with Crippen molar-refractivity contribution in [3.63, 3.8) is 0 Å². The summed E-state index contributed by atoms with van der Waals surface area (Å²) in [4.78, 5) is 26.3. The molecule has 0 radical (unpaired) electrons. The molecule has 0 fully saturated rings. The van der Waals surface area contributed by atoms with Crippen molar-refractivity contribution in [2.24, 2.45) is 0 Å². The van der Waals surface area contributed by atoms with E-state index in [9.17, 15) is 14.7 Å². The first-order valence-corrected chi connectivity index (χ1v) is 7.65. The van der Waals surface area contributed by atoms with Gasteiger partial charge in [0.2, 0.25) is 5.78 Å². The van der Waals surface area contributed by atoms with Crippen LogP contribution in [0.2, 0.25) is 0 Å². The summed E-state index contributed by atoms with van der Waals surface area (Å²) < 4.78 is 6.48. The molecule has 0 aliphatic rings. The monoisotopic (exact) mass is 368 g/mol. The minimum atomic E-state index is -1.40. The molecule has 0 bridgehead atoms. The van der Waals surface area contributed by atoms with Gasteiger partial charge in [-0.1, -0.05) is 15.9 Å². The number of carboxylic acids is 1. The Morgan fingerprint density at radius 2 is 1.95 bits per heavy atom. The molecule has 2 rings (SSSR count). The zero-order valence-electron chi connectivity index (χ0n) is 11.3. The van der Waals surface area contributed by atoms with Crippen LogP contribution in [0.15, 0.2) is 22.0 Å². The highest BCUT2D eigenvalue weighted by Gasteiger charge is 2.14. The number of nitrogens with zero attached hydrogens (tertiary/aromatic N) is 1. The summed E-state index contributed by atoms with van der Waals surface area (Å²) in [5.41, 5.74) is 1.58. The molecular weight excluding hydrogens is 358 g/mol. The largest absolute Gasteiger partial charge is 0.543 e. The van der Waals surface area contributed by atoms with Gasteiger partial charge in [-0.3, -0.25) is 4.79 Å². The third-order valence-electron chi connectivity index (χ3n) is 2.72. The summed E-state index contributed by atoms with van der Waals surface area (Å²) in [7, 11) is 0. The number of carbonyl (C=O) groups is 2. The predicted molar refractivity (Wildman–Crippen MR) is 79.9 cm³/mol. The highest BCUT2D eigenvalue weighted by Crippen LogP contribution is 2.27. The fourth-order valence-corrected chi connectivity index (χ4v) is 3.22. The number of halogens is 1. The molecule has 0 atom stereocenters. The highest BCUT2D eigenvalue weighted by atomic mass is 79.9. The number of benzene rings is 1. The van der Waals surface area contributed by atoms with Gasteiger partial charge < -0.3 is 14.6 Å². The van der Waals surface area contributed by atoms with Crippen molar-refractivity contribution in [3.05, 3.63) is 43.8 Å². The molecule has 1 aromatic carbocycles. The maximum Gasteiger partial charge on any atom is 0.228 e. The van der Waals surface area contributed by atoms with E-state index in [4.69, 9.17) is 4.74 Å². The van der Waals surface area contributed by atoms with E-state index in [-0.39, 0.29) is 23.1 Å². The number of hydrogen-bond donors (Lipinski definition) is 0. The number of carbonyl (C=O) groups excluding carboxylic acids is 2. The van der Waals surface area contributed by atoms with Crippen LogP contribution >= 0.6 is 27.3 Å². The topological polar surface area (TPSA) is 79.3 Å². The van der Waals surface area contributed by atoms with Crippen molar-refractivity contribution < 1.29 is 19.4 Å². The standard InChI is InChI=1S/C14H12BrNO4S/c1-7-3-9(15)4-8(2)12(7)20-5-11(17)13-16-10(6-21-13)14(18)19/h3-4,6H,5H2,1-2H3,(H,18,19)/p-1. The summed E-state index contributed by atoms with van der Waals surface area (Å²) in [6.07, 6.45) is 0. The van der Waals surface area contributed by atoms with Crippen molar-refractivity contribution in [1.82, 2.24) is 4.98 Å². The van der Waals surface area contributed by atoms with Gasteiger partial charge in [0.05, 0.1) is 11.7 Å². The van der Waals surface area contributed by atoms with Gasteiger partial charge in [0, 0.05) is 9.85 Å². The zero-order chi connectivity index (χ0) is 15.6. The van der Waals surface area contributed by atoms with Crippen molar-refractivity contribution in [1.29, 1.82) is 0 Å². The van der Waals surface area contributed by atoms with E-state index in [0.717, 1.165) is 26.9 Å². The van der Waals surface area contributed by atoms with Crippen LogP contribution in [0.1, 0.15) is 31.4 Å². The van der Waals surface area contributed by atoms with Gasteiger partial charge in [0.15, 0.2) is 11.6 Å². The number of aryl methyl sites for hydroxylation is 2. The highest BCUT2D eigenvalue weighted by molar-refractivity contribution is 9.10. The maximum atomic E-state index is 11.9. The number of rotatable bonds is 5. The number of hydrogen-bond acceptors (Lipinski definition) is 6. The molecule has 0 aliphatic heterocycles. The fraction of sp³-hybridized carbons (Fsp3) is 0.214. The molecule has 0 amide bonds. The average Bonchev–Trinajstić information content (AvgIpc) is 2.86. The number of thiazole rings is 1. The van der Waals surface area contributed by atoms with E-state index in [2.05, 4.69) is 20.9 Å². The summed E-state index contributed by atoms with van der Waals surface area (Å²) in [5.74, 6) is -1.12. The zero-order valence-corrected chi connectivity index (χ0v) is 13.7. The lowest BCUT2D eigenvalue weighted by atomic mass is 10.1. The molecule has 5 nitrogen and oxygen atoms in total. The molecule has 2 aromatic rings. The van der Waals surface area contributed by atoms with Gasteiger partial charge in [0.1, 0.15) is 5.75 Å². The van der Waals surface area contributed by atoms with Crippen LogP contribution in [0, 0.1) is 13.8 Å². The van der Waals surface area contributed by atoms with Gasteiger partial charge in [-0.25, -0.2) is 4.98 Å². The molecule has 7 heteroatoms. The molecule has 0 saturated heterocycles. The van der Waals surface area contributed by atoms with Crippen LogP contribution in [-0.4, -0.2) is 23.3 Å². The van der Waals surface area contributed by atoms with Crippen LogP contribution in [0.25, 0.3) is 0 Å². The number of carboxylic acid groups (broad SMARTS) is 1. The third-order valence-corrected chi connectivity index (χ3v) is 4.07. The first-order chi connectivity index (χ1) is 9.88. The summed E-state index contributed by atoms with van der Waals surface area (Å²) >= 11 is 4.35. The number of Topliss-reactive ketones (excluding diaryl/α,β-unsaturated/α-hetero) is 1. The van der Waals surface area contributed by atoms with Crippen molar-refractivity contribution in [3.8, 4) is 5.75 Å². The van der Waals surface area contributed by atoms with Crippen LogP contribution in [0.5, 0.6) is 5.75 Å². The van der Waals surface area contributed by atoms with E-state index >= 15 is 0 Å². The molecular formula is C14H11BrNO4S-. The number of aromatic nitrogens is 1. The Morgan fingerprint density at radius 1 is 1.33 bits per heavy atom. The quantitative estimate of drug-likeness (QED) is 0.755. The number of aromatic carboxylic acids is 1. The average molecular weight is 369 g/mol. The third kappa shape index (κ3) is 3.68. The second-order valence-electron chi connectivity index (χ2n) is 4.41. The summed E-state index contributed by atoms with van der Waals surface area (Å²) in [5, 5.41) is 12.0. The molecule has 0 saturated carbocycles. The Bertz CT molecular complexity index is 688. The smallest absolute Gasteiger partial charge is 0.228 e. The Kier molecular flexibility index (Phi) is 4.74. The molecule has 1 heterocycles. The Hall–Kier alpha value is -1.73. The van der Waals surface area contributed by atoms with E-state index < -0.39 is 5.97 Å². The van der Waals surface area contributed by atoms with Crippen molar-refractivity contribution in [2.45, 2.75) is 13.8 Å². The van der Waals surface area contributed by atoms with Crippen LogP contribution in [0.4, 0.5) is 0 Å². The van der Waals surface area contributed by atoms with Gasteiger partial charge in [-0.2, -0.15) is 0 Å². The molecule has 0 unspecified atom stereocenters. The normalized spacial score (nSPS) is 10.4. The molecule has 0 aliphatic carbocycles. The fourth-order valence-electron chi connectivity index (χ4n) is 1.82. The van der Waals surface area contributed by atoms with Gasteiger partial charge >= 0.3 is 0 Å². The minimum absolute atomic E-state index is 0.0987. The first kappa shape index (κ1) is 15.7. The lowest BCUT2D eigenvalue weighted by molar-refractivity contribution is -0.255. The summed E-state index contributed by atoms with van der Waals surface area (Å²) in [6.45, 7) is 3.58. The first-order valence-electron chi connectivity index (χ1n) is 5.98. The lowest BCUT2D eigenvalue weighted by Crippen LogP contribution is -2.23. The Morgan fingerprint density at radius 3 is 2.48 bits per heavy atom. The van der Waals surface area contributed by atoms with E-state index in [1.54, 1.807) is 0 Å². The Balaban J connectivity index is 2.09. The van der Waals surface area contributed by atoms with Crippen molar-refractivity contribution in [2.75, 3.05) is 6.61 Å². The second kappa shape index (κ2) is 6.36. The Labute approximate surface area is 133 Å². The number of ether oxygens (including phenoxy) is 1.